The Bertz CT molecular complexity index is 818. The van der Waals surface area contributed by atoms with Gasteiger partial charge in [-0.25, -0.2) is 0 Å². The molecule has 3 rings (SSSR count). The molecule has 2 aromatic heterocycles. The highest BCUT2D eigenvalue weighted by molar-refractivity contribution is 7.99. The van der Waals surface area contributed by atoms with Crippen LogP contribution in [0.5, 0.6) is 0 Å². The Kier molecular flexibility index (Phi) is 6.81. The molecule has 0 spiro atoms. The molecule has 0 atom stereocenters. The summed E-state index contributed by atoms with van der Waals surface area (Å²) < 4.78 is 5.11. The highest BCUT2D eigenvalue weighted by Crippen LogP contribution is 2.13. The number of hydrogen-bond acceptors (Lipinski definition) is 7. The molecule has 1 aliphatic rings. The van der Waals surface area contributed by atoms with Gasteiger partial charge in [0.25, 0.3) is 11.5 Å². The number of thioether (sulfide) groups is 1. The van der Waals surface area contributed by atoms with Gasteiger partial charge < -0.3 is 26.6 Å². The van der Waals surface area contributed by atoms with E-state index in [4.69, 9.17) is 4.42 Å². The predicted octanol–water partition coefficient (Wildman–Crippen LogP) is -2.85. The summed E-state index contributed by atoms with van der Waals surface area (Å²) in [5.74, 6) is 0.217. The van der Waals surface area contributed by atoms with Gasteiger partial charge in [-0.3, -0.25) is 19.4 Å². The third-order valence-corrected chi connectivity index (χ3v) is 4.67. The van der Waals surface area contributed by atoms with Crippen molar-refractivity contribution in [3.05, 3.63) is 40.2 Å². The van der Waals surface area contributed by atoms with Gasteiger partial charge in [0, 0.05) is 26.2 Å². The zero-order chi connectivity index (χ0) is 17.8. The molecule has 1 saturated heterocycles. The highest BCUT2D eigenvalue weighted by atomic mass is 35.5. The van der Waals surface area contributed by atoms with Gasteiger partial charge in [0.1, 0.15) is 5.69 Å². The maximum Gasteiger partial charge on any atom is 0.289 e. The van der Waals surface area contributed by atoms with Crippen LogP contribution in [-0.2, 0) is 4.79 Å². The molecule has 140 valence electrons. The van der Waals surface area contributed by atoms with Crippen LogP contribution in [0.1, 0.15) is 16.2 Å². The molecule has 3 heterocycles. The van der Waals surface area contributed by atoms with E-state index in [1.165, 1.54) is 6.26 Å². The lowest BCUT2D eigenvalue weighted by Crippen LogP contribution is -3.00. The quantitative estimate of drug-likeness (QED) is 0.551. The molecule has 0 radical (unpaired) electrons. The summed E-state index contributed by atoms with van der Waals surface area (Å²) in [5, 5.41) is 7.89. The number of aromatic amines is 1. The summed E-state index contributed by atoms with van der Waals surface area (Å²) in [6, 6.07) is 3.29. The fourth-order valence-corrected chi connectivity index (χ4v) is 3.09. The van der Waals surface area contributed by atoms with Crippen molar-refractivity contribution < 1.29 is 26.4 Å². The van der Waals surface area contributed by atoms with Crippen LogP contribution in [0.15, 0.2) is 32.8 Å². The summed E-state index contributed by atoms with van der Waals surface area (Å²) >= 11 is 1.13. The van der Waals surface area contributed by atoms with Crippen molar-refractivity contribution in [2.75, 3.05) is 31.9 Å². The van der Waals surface area contributed by atoms with Crippen molar-refractivity contribution in [1.82, 2.24) is 25.0 Å². The lowest BCUT2D eigenvalue weighted by molar-refractivity contribution is -0.129. The van der Waals surface area contributed by atoms with E-state index in [0.29, 0.717) is 37.1 Å². The van der Waals surface area contributed by atoms with Crippen molar-refractivity contribution >= 4 is 23.6 Å². The predicted molar refractivity (Wildman–Crippen MR) is 89.3 cm³/mol. The topological polar surface area (TPSA) is 112 Å². The number of aryl methyl sites for hydroxylation is 1. The van der Waals surface area contributed by atoms with E-state index in [2.05, 4.69) is 15.2 Å². The fraction of sp³-hybridized carbons (Fsp3) is 0.400. The van der Waals surface area contributed by atoms with E-state index < -0.39 is 0 Å². The van der Waals surface area contributed by atoms with E-state index in [0.717, 1.165) is 11.8 Å². The molecule has 1 fully saturated rings. The van der Waals surface area contributed by atoms with Crippen LogP contribution < -0.4 is 18.0 Å². The average molecular weight is 399 g/mol. The summed E-state index contributed by atoms with van der Waals surface area (Å²) in [6.45, 7) is 3.40. The van der Waals surface area contributed by atoms with Crippen molar-refractivity contribution in [2.24, 2.45) is 0 Å². The average Bonchev–Trinajstić information content (AvgIpc) is 3.16. The summed E-state index contributed by atoms with van der Waals surface area (Å²) in [4.78, 5) is 41.9. The van der Waals surface area contributed by atoms with Gasteiger partial charge in [0.05, 0.1) is 12.0 Å². The van der Waals surface area contributed by atoms with Gasteiger partial charge in [-0.15, -0.1) is 10.2 Å². The number of furan rings is 1. The summed E-state index contributed by atoms with van der Waals surface area (Å²) in [7, 11) is 0. The van der Waals surface area contributed by atoms with Gasteiger partial charge in [0.15, 0.2) is 10.9 Å². The van der Waals surface area contributed by atoms with Crippen LogP contribution in [0.4, 0.5) is 0 Å². The van der Waals surface area contributed by atoms with E-state index in [9.17, 15) is 14.4 Å². The number of nitrogens with one attached hydrogen (secondary N) is 1. The van der Waals surface area contributed by atoms with Crippen LogP contribution in [0.2, 0.25) is 0 Å². The molecule has 0 saturated carbocycles. The van der Waals surface area contributed by atoms with E-state index in [-0.39, 0.29) is 41.2 Å². The summed E-state index contributed by atoms with van der Waals surface area (Å²) in [5.41, 5.74) is -0.0250. The van der Waals surface area contributed by atoms with Gasteiger partial charge in [-0.1, -0.05) is 11.8 Å². The monoisotopic (exact) mass is 398 g/mol. The van der Waals surface area contributed by atoms with Crippen molar-refractivity contribution in [3.63, 3.8) is 0 Å². The largest absolute Gasteiger partial charge is 1.00 e. The molecule has 2 amide bonds. The van der Waals surface area contributed by atoms with Crippen molar-refractivity contribution in [3.8, 4) is 0 Å². The van der Waals surface area contributed by atoms with Crippen LogP contribution in [0.25, 0.3) is 0 Å². The standard InChI is InChI=1S/C15H17N5O4S.ClH/c1-10-13(22)16-15(18-17-10)25-9-12(21)19-4-6-20(7-5-19)14(23)11-3-2-8-24-11;/h2-3,8H,4-7,9H2,1H3,(H,16,18,22);1H/p-1. The highest BCUT2D eigenvalue weighted by Gasteiger charge is 2.26. The number of rotatable bonds is 4. The zero-order valence-electron chi connectivity index (χ0n) is 14.0. The minimum Gasteiger partial charge on any atom is -1.00 e. The fourth-order valence-electron chi connectivity index (χ4n) is 2.38. The molecule has 11 heteroatoms. The van der Waals surface area contributed by atoms with Crippen molar-refractivity contribution in [1.29, 1.82) is 0 Å². The van der Waals surface area contributed by atoms with E-state index >= 15 is 0 Å². The second kappa shape index (κ2) is 8.86. The Hall–Kier alpha value is -2.33. The Labute approximate surface area is 159 Å². The smallest absolute Gasteiger partial charge is 0.289 e. The lowest BCUT2D eigenvalue weighted by Gasteiger charge is -2.34. The number of H-pyrrole nitrogens is 1. The van der Waals surface area contributed by atoms with E-state index in [1.54, 1.807) is 28.9 Å². The van der Waals surface area contributed by atoms with Gasteiger partial charge in [-0.2, -0.15) is 0 Å². The second-order valence-electron chi connectivity index (χ2n) is 5.48. The van der Waals surface area contributed by atoms with Crippen molar-refractivity contribution in [2.45, 2.75) is 12.1 Å². The minimum absolute atomic E-state index is 0. The zero-order valence-corrected chi connectivity index (χ0v) is 15.5. The van der Waals surface area contributed by atoms with Crippen LogP contribution in [-0.4, -0.2) is 68.7 Å². The molecule has 0 aromatic carbocycles. The Balaban J connectivity index is 0.00000243. The third kappa shape index (κ3) is 4.64. The molecular weight excluding hydrogens is 382 g/mol. The second-order valence-corrected chi connectivity index (χ2v) is 6.45. The van der Waals surface area contributed by atoms with Crippen LogP contribution in [0.3, 0.4) is 0 Å². The number of nitrogens with zero attached hydrogens (tertiary/aromatic N) is 4. The molecular formula is C15H17ClN5O4S-. The first kappa shape index (κ1) is 20.0. The summed E-state index contributed by atoms with van der Waals surface area (Å²) in [6.07, 6.45) is 1.46. The Morgan fingerprint density at radius 1 is 1.23 bits per heavy atom. The molecule has 1 aliphatic heterocycles. The SMILES string of the molecule is Cc1nnc(SCC(=O)N2CCN(C(=O)c3ccco3)CC2)[nH]c1=O.[Cl-]. The molecule has 9 nitrogen and oxygen atoms in total. The molecule has 2 aromatic rings. The number of halogens is 1. The van der Waals surface area contributed by atoms with Gasteiger partial charge in [-0.05, 0) is 19.1 Å². The number of carbonyl (C=O) groups excluding carboxylic acids is 2. The first-order chi connectivity index (χ1) is 12.0. The number of hydrogen-bond donors (Lipinski definition) is 1. The van der Waals surface area contributed by atoms with Crippen LogP contribution in [0, 0.1) is 6.92 Å². The molecule has 0 aliphatic carbocycles. The van der Waals surface area contributed by atoms with Gasteiger partial charge >= 0.3 is 0 Å². The first-order valence-corrected chi connectivity index (χ1v) is 8.70. The molecule has 0 bridgehead atoms. The minimum atomic E-state index is -0.310. The van der Waals surface area contributed by atoms with Gasteiger partial charge in [0.2, 0.25) is 5.91 Å². The first-order valence-electron chi connectivity index (χ1n) is 7.71. The van der Waals surface area contributed by atoms with E-state index in [1.807, 2.05) is 0 Å². The maximum atomic E-state index is 12.3. The maximum absolute atomic E-state index is 12.3. The normalized spacial score (nSPS) is 14.0. The Morgan fingerprint density at radius 3 is 2.54 bits per heavy atom. The molecule has 26 heavy (non-hydrogen) atoms. The van der Waals surface area contributed by atoms with Crippen LogP contribution >= 0.6 is 11.8 Å². The number of piperazine rings is 1. The molecule has 0 unspecified atom stereocenters. The number of aromatic nitrogens is 3. The lowest BCUT2D eigenvalue weighted by atomic mass is 10.3. The third-order valence-electron chi connectivity index (χ3n) is 3.82. The number of carbonyl (C=O) groups is 2. The Morgan fingerprint density at radius 2 is 1.92 bits per heavy atom. The number of amides is 2. The molecule has 1 N–H and O–H groups in total.